The summed E-state index contributed by atoms with van der Waals surface area (Å²) in [5.41, 5.74) is 0.625. The monoisotopic (exact) mass is 317 g/mol. The Balaban J connectivity index is 2.30. The van der Waals surface area contributed by atoms with Crippen LogP contribution in [0, 0.1) is 0 Å². The van der Waals surface area contributed by atoms with Gasteiger partial charge in [0.15, 0.2) is 6.61 Å². The highest BCUT2D eigenvalue weighted by atomic mass is 16.5. The van der Waals surface area contributed by atoms with Gasteiger partial charge in [0.25, 0.3) is 5.91 Å². The zero-order valence-electron chi connectivity index (χ0n) is 13.0. The van der Waals surface area contributed by atoms with E-state index in [1.165, 1.54) is 0 Å². The molecule has 2 aromatic rings. The first-order valence-corrected chi connectivity index (χ1v) is 7.31. The van der Waals surface area contributed by atoms with Gasteiger partial charge in [-0.2, -0.15) is 0 Å². The summed E-state index contributed by atoms with van der Waals surface area (Å²) in [7, 11) is 0. The highest BCUT2D eigenvalue weighted by molar-refractivity contribution is 6.05. The molecule has 0 fully saturated rings. The molecule has 0 bridgehead atoms. The lowest BCUT2D eigenvalue weighted by molar-refractivity contribution is -0.139. The van der Waals surface area contributed by atoms with Crippen molar-refractivity contribution in [3.05, 3.63) is 36.4 Å². The standard InChI is InChI=1S/C17H19NO5/c1-3-22-11(2)17(21)18-14-8-9-15(23-10-16(19)20)13-7-5-4-6-12(13)14/h4-9,11H,3,10H2,1-2H3,(H,18,21)(H,19,20). The second-order valence-corrected chi connectivity index (χ2v) is 4.93. The Labute approximate surface area is 134 Å². The molecule has 122 valence electrons. The maximum Gasteiger partial charge on any atom is 0.341 e. The third-order valence-corrected chi connectivity index (χ3v) is 3.28. The van der Waals surface area contributed by atoms with E-state index >= 15 is 0 Å². The van der Waals surface area contributed by atoms with Crippen LogP contribution in [0.5, 0.6) is 5.75 Å². The number of nitrogens with one attached hydrogen (secondary N) is 1. The molecule has 0 radical (unpaired) electrons. The Kier molecular flexibility index (Phi) is 5.54. The smallest absolute Gasteiger partial charge is 0.341 e. The summed E-state index contributed by atoms with van der Waals surface area (Å²) in [6, 6.07) is 10.6. The number of anilines is 1. The molecule has 2 aromatic carbocycles. The van der Waals surface area contributed by atoms with Gasteiger partial charge in [0.2, 0.25) is 0 Å². The molecular formula is C17H19NO5. The molecule has 0 aromatic heterocycles. The third-order valence-electron chi connectivity index (χ3n) is 3.28. The van der Waals surface area contributed by atoms with Crippen LogP contribution in [0.15, 0.2) is 36.4 Å². The summed E-state index contributed by atoms with van der Waals surface area (Å²) in [6.07, 6.45) is -0.554. The first kappa shape index (κ1) is 16.8. The molecule has 23 heavy (non-hydrogen) atoms. The van der Waals surface area contributed by atoms with Crippen LogP contribution in [0.2, 0.25) is 0 Å². The van der Waals surface area contributed by atoms with Gasteiger partial charge in [0.1, 0.15) is 11.9 Å². The fourth-order valence-electron chi connectivity index (χ4n) is 2.21. The van der Waals surface area contributed by atoms with Crippen molar-refractivity contribution in [1.82, 2.24) is 0 Å². The van der Waals surface area contributed by atoms with Crippen LogP contribution in [0.1, 0.15) is 13.8 Å². The number of rotatable bonds is 7. The maximum atomic E-state index is 12.1. The van der Waals surface area contributed by atoms with Crippen molar-refractivity contribution in [3.63, 3.8) is 0 Å². The van der Waals surface area contributed by atoms with E-state index in [9.17, 15) is 9.59 Å². The zero-order chi connectivity index (χ0) is 16.8. The summed E-state index contributed by atoms with van der Waals surface area (Å²) in [4.78, 5) is 22.8. The van der Waals surface area contributed by atoms with Crippen LogP contribution in [0.4, 0.5) is 5.69 Å². The molecular weight excluding hydrogens is 298 g/mol. The Bertz CT molecular complexity index is 713. The van der Waals surface area contributed by atoms with E-state index in [0.717, 1.165) is 10.8 Å². The van der Waals surface area contributed by atoms with Gasteiger partial charge in [-0.05, 0) is 26.0 Å². The van der Waals surface area contributed by atoms with Gasteiger partial charge in [-0.25, -0.2) is 4.79 Å². The highest BCUT2D eigenvalue weighted by Gasteiger charge is 2.15. The number of carboxylic acids is 1. The van der Waals surface area contributed by atoms with Crippen LogP contribution in [0.25, 0.3) is 10.8 Å². The van der Waals surface area contributed by atoms with Gasteiger partial charge in [-0.1, -0.05) is 24.3 Å². The zero-order valence-corrected chi connectivity index (χ0v) is 13.0. The third kappa shape index (κ3) is 4.20. The molecule has 0 saturated carbocycles. The van der Waals surface area contributed by atoms with Crippen molar-refractivity contribution in [3.8, 4) is 5.75 Å². The maximum absolute atomic E-state index is 12.1. The minimum absolute atomic E-state index is 0.240. The number of hydrogen-bond donors (Lipinski definition) is 2. The molecule has 6 heteroatoms. The average molecular weight is 317 g/mol. The predicted molar refractivity (Wildman–Crippen MR) is 86.8 cm³/mol. The van der Waals surface area contributed by atoms with Gasteiger partial charge < -0.3 is 19.9 Å². The van der Waals surface area contributed by atoms with E-state index < -0.39 is 18.7 Å². The van der Waals surface area contributed by atoms with E-state index in [4.69, 9.17) is 14.6 Å². The van der Waals surface area contributed by atoms with Crippen molar-refractivity contribution in [1.29, 1.82) is 0 Å². The normalized spacial score (nSPS) is 11.9. The van der Waals surface area contributed by atoms with Gasteiger partial charge in [0.05, 0.1) is 0 Å². The number of benzene rings is 2. The second-order valence-electron chi connectivity index (χ2n) is 4.93. The molecule has 1 atom stereocenters. The lowest BCUT2D eigenvalue weighted by Gasteiger charge is -2.15. The summed E-state index contributed by atoms with van der Waals surface area (Å²) in [6.45, 7) is 3.55. The van der Waals surface area contributed by atoms with Crippen molar-refractivity contribution < 1.29 is 24.2 Å². The number of fused-ring (bicyclic) bond motifs is 1. The Hall–Kier alpha value is -2.60. The molecule has 0 aliphatic carbocycles. The quantitative estimate of drug-likeness (QED) is 0.820. The van der Waals surface area contributed by atoms with Crippen LogP contribution in [-0.2, 0) is 14.3 Å². The topological polar surface area (TPSA) is 84.9 Å². The lowest BCUT2D eigenvalue weighted by Crippen LogP contribution is -2.27. The molecule has 6 nitrogen and oxygen atoms in total. The van der Waals surface area contributed by atoms with Crippen LogP contribution in [-0.4, -0.2) is 36.3 Å². The molecule has 2 N–H and O–H groups in total. The molecule has 0 aliphatic rings. The number of carbonyl (C=O) groups excluding carboxylic acids is 1. The molecule has 0 spiro atoms. The number of ether oxygens (including phenoxy) is 2. The van der Waals surface area contributed by atoms with Crippen molar-refractivity contribution >= 4 is 28.3 Å². The first-order valence-electron chi connectivity index (χ1n) is 7.31. The lowest BCUT2D eigenvalue weighted by atomic mass is 10.1. The Morgan fingerprint density at radius 3 is 2.52 bits per heavy atom. The SMILES string of the molecule is CCOC(C)C(=O)Nc1ccc(OCC(=O)O)c2ccccc12. The van der Waals surface area contributed by atoms with Crippen molar-refractivity contribution in [2.75, 3.05) is 18.5 Å². The minimum atomic E-state index is -1.04. The number of aliphatic carboxylic acids is 1. The summed E-state index contributed by atoms with van der Waals surface area (Å²) in [5, 5.41) is 13.1. The number of carboxylic acid groups (broad SMARTS) is 1. The van der Waals surface area contributed by atoms with Gasteiger partial charge in [0, 0.05) is 23.1 Å². The highest BCUT2D eigenvalue weighted by Crippen LogP contribution is 2.31. The van der Waals surface area contributed by atoms with Crippen LogP contribution < -0.4 is 10.1 Å². The Morgan fingerprint density at radius 1 is 1.17 bits per heavy atom. The first-order chi connectivity index (χ1) is 11.0. The van der Waals surface area contributed by atoms with E-state index in [1.54, 1.807) is 19.1 Å². The van der Waals surface area contributed by atoms with Gasteiger partial charge in [-0.15, -0.1) is 0 Å². The molecule has 0 heterocycles. The number of amides is 1. The van der Waals surface area contributed by atoms with Crippen molar-refractivity contribution in [2.24, 2.45) is 0 Å². The fourth-order valence-corrected chi connectivity index (χ4v) is 2.21. The van der Waals surface area contributed by atoms with E-state index in [-0.39, 0.29) is 5.91 Å². The largest absolute Gasteiger partial charge is 0.481 e. The second kappa shape index (κ2) is 7.60. The van der Waals surface area contributed by atoms with Gasteiger partial charge in [-0.3, -0.25) is 4.79 Å². The van der Waals surface area contributed by atoms with Crippen LogP contribution >= 0.6 is 0 Å². The summed E-state index contributed by atoms with van der Waals surface area (Å²) >= 11 is 0. The average Bonchev–Trinajstić information content (AvgIpc) is 2.54. The predicted octanol–water partition coefficient (Wildman–Crippen LogP) is 2.67. The summed E-state index contributed by atoms with van der Waals surface area (Å²) in [5.74, 6) is -0.827. The number of hydrogen-bond acceptors (Lipinski definition) is 4. The fraction of sp³-hybridized carbons (Fsp3) is 0.294. The molecule has 1 amide bonds. The van der Waals surface area contributed by atoms with Crippen LogP contribution in [0.3, 0.4) is 0 Å². The van der Waals surface area contributed by atoms with E-state index in [0.29, 0.717) is 18.0 Å². The van der Waals surface area contributed by atoms with E-state index in [2.05, 4.69) is 5.32 Å². The Morgan fingerprint density at radius 2 is 1.87 bits per heavy atom. The molecule has 0 saturated heterocycles. The van der Waals surface area contributed by atoms with E-state index in [1.807, 2.05) is 31.2 Å². The van der Waals surface area contributed by atoms with Gasteiger partial charge >= 0.3 is 5.97 Å². The molecule has 2 rings (SSSR count). The number of carbonyl (C=O) groups is 2. The minimum Gasteiger partial charge on any atom is -0.481 e. The molecule has 0 aliphatic heterocycles. The molecule has 1 unspecified atom stereocenters. The summed E-state index contributed by atoms with van der Waals surface area (Å²) < 4.78 is 10.6. The van der Waals surface area contributed by atoms with Crippen molar-refractivity contribution in [2.45, 2.75) is 20.0 Å².